The van der Waals surface area contributed by atoms with Gasteiger partial charge >= 0.3 is 0 Å². The van der Waals surface area contributed by atoms with E-state index in [1.165, 1.54) is 12.5 Å². The second-order valence-corrected chi connectivity index (χ2v) is 5.72. The molecule has 1 N–H and O–H groups in total. The van der Waals surface area contributed by atoms with Crippen LogP contribution in [0.25, 0.3) is 0 Å². The van der Waals surface area contributed by atoms with Gasteiger partial charge in [-0.05, 0) is 43.9 Å². The highest BCUT2D eigenvalue weighted by Crippen LogP contribution is 2.25. The average Bonchev–Trinajstić information content (AvgIpc) is 2.48. The van der Waals surface area contributed by atoms with Gasteiger partial charge in [0.15, 0.2) is 0 Å². The molecule has 1 aliphatic rings. The number of halogens is 1. The first kappa shape index (κ1) is 15.8. The maximum Gasteiger partial charge on any atom is 0.224 e. The Morgan fingerprint density at radius 3 is 2.67 bits per heavy atom. The van der Waals surface area contributed by atoms with Gasteiger partial charge in [-0.3, -0.25) is 4.79 Å². The minimum absolute atomic E-state index is 0.0337. The summed E-state index contributed by atoms with van der Waals surface area (Å²) in [4.78, 5) is 13.8. The molecule has 0 radical (unpaired) electrons. The van der Waals surface area contributed by atoms with Gasteiger partial charge in [-0.15, -0.1) is 0 Å². The lowest BCUT2D eigenvalue weighted by atomic mass is 10.1. The molecule has 0 aromatic heterocycles. The van der Waals surface area contributed by atoms with Crippen LogP contribution in [0.1, 0.15) is 51.9 Å². The number of hydrogen-bond donors (Lipinski definition) is 1. The molecule has 21 heavy (non-hydrogen) atoms. The van der Waals surface area contributed by atoms with Gasteiger partial charge in [-0.25, -0.2) is 4.39 Å². The van der Waals surface area contributed by atoms with Crippen LogP contribution in [-0.2, 0) is 4.79 Å². The van der Waals surface area contributed by atoms with Crippen LogP contribution in [0.5, 0.6) is 0 Å². The van der Waals surface area contributed by atoms with Gasteiger partial charge < -0.3 is 10.2 Å². The lowest BCUT2D eigenvalue weighted by molar-refractivity contribution is -0.116. The van der Waals surface area contributed by atoms with Crippen molar-refractivity contribution in [2.24, 2.45) is 0 Å². The Morgan fingerprint density at radius 1 is 1.24 bits per heavy atom. The van der Waals surface area contributed by atoms with E-state index in [-0.39, 0.29) is 11.7 Å². The second kappa shape index (κ2) is 8.01. The molecule has 0 spiro atoms. The molecule has 1 amide bonds. The largest absolute Gasteiger partial charge is 0.369 e. The topological polar surface area (TPSA) is 32.3 Å². The third kappa shape index (κ3) is 4.73. The Morgan fingerprint density at radius 2 is 2.00 bits per heavy atom. The minimum Gasteiger partial charge on any atom is -0.369 e. The zero-order valence-electron chi connectivity index (χ0n) is 12.8. The molecule has 1 aromatic carbocycles. The molecule has 2 rings (SSSR count). The first-order chi connectivity index (χ1) is 10.2. The van der Waals surface area contributed by atoms with Crippen LogP contribution in [0, 0.1) is 5.82 Å². The van der Waals surface area contributed by atoms with Crippen molar-refractivity contribution in [1.82, 2.24) is 0 Å². The number of nitrogens with one attached hydrogen (secondary N) is 1. The molecular weight excluding hydrogens is 267 g/mol. The van der Waals surface area contributed by atoms with E-state index in [0.29, 0.717) is 17.8 Å². The van der Waals surface area contributed by atoms with Crippen molar-refractivity contribution in [2.45, 2.75) is 51.9 Å². The summed E-state index contributed by atoms with van der Waals surface area (Å²) >= 11 is 0. The number of carbonyl (C=O) groups is 1. The highest BCUT2D eigenvalue weighted by molar-refractivity contribution is 5.90. The summed E-state index contributed by atoms with van der Waals surface area (Å²) in [5.74, 6) is -0.281. The summed E-state index contributed by atoms with van der Waals surface area (Å²) in [5.41, 5.74) is 1.20. The van der Waals surface area contributed by atoms with Gasteiger partial charge in [-0.1, -0.05) is 19.8 Å². The maximum absolute atomic E-state index is 14.2. The van der Waals surface area contributed by atoms with E-state index in [2.05, 4.69) is 17.1 Å². The fourth-order valence-corrected chi connectivity index (χ4v) is 2.73. The van der Waals surface area contributed by atoms with Gasteiger partial charge in [0.05, 0.1) is 5.69 Å². The Kier molecular flexibility index (Phi) is 6.03. The summed E-state index contributed by atoms with van der Waals surface area (Å²) in [6.07, 6.45) is 7.00. The van der Waals surface area contributed by atoms with Gasteiger partial charge in [-0.2, -0.15) is 0 Å². The predicted molar refractivity (Wildman–Crippen MR) is 85.2 cm³/mol. The molecule has 4 heteroatoms. The lowest BCUT2D eigenvalue weighted by Gasteiger charge is -2.29. The van der Waals surface area contributed by atoms with Gasteiger partial charge in [0.1, 0.15) is 5.82 Å². The first-order valence-corrected chi connectivity index (χ1v) is 8.05. The molecule has 1 aromatic rings. The van der Waals surface area contributed by atoms with E-state index < -0.39 is 0 Å². The third-order valence-electron chi connectivity index (χ3n) is 3.94. The molecule has 1 saturated heterocycles. The Balaban J connectivity index is 1.93. The molecule has 0 atom stereocenters. The number of piperidine rings is 1. The summed E-state index contributed by atoms with van der Waals surface area (Å²) in [5, 5.41) is 2.77. The molecule has 0 bridgehead atoms. The number of hydrogen-bond acceptors (Lipinski definition) is 2. The predicted octanol–water partition coefficient (Wildman–Crippen LogP) is 4.33. The number of nitrogens with zero attached hydrogens (tertiary/aromatic N) is 1. The standard InChI is InChI=1S/C17H25FN2O/c1-2-3-5-8-17(21)19-14-9-10-16(15(18)13-14)20-11-6-4-7-12-20/h9-10,13H,2-8,11-12H2,1H3,(H,19,21). The van der Waals surface area contributed by atoms with Crippen molar-refractivity contribution >= 4 is 17.3 Å². The molecule has 1 aliphatic heterocycles. The smallest absolute Gasteiger partial charge is 0.224 e. The van der Waals surface area contributed by atoms with Crippen molar-refractivity contribution in [2.75, 3.05) is 23.3 Å². The van der Waals surface area contributed by atoms with Gasteiger partial charge in [0.2, 0.25) is 5.91 Å². The van der Waals surface area contributed by atoms with Crippen LogP contribution in [0.4, 0.5) is 15.8 Å². The van der Waals surface area contributed by atoms with Crippen LogP contribution in [0.15, 0.2) is 18.2 Å². The monoisotopic (exact) mass is 292 g/mol. The Labute approximate surface area is 126 Å². The quantitative estimate of drug-likeness (QED) is 0.791. The first-order valence-electron chi connectivity index (χ1n) is 8.05. The van der Waals surface area contributed by atoms with Crippen molar-refractivity contribution < 1.29 is 9.18 Å². The zero-order chi connectivity index (χ0) is 15.1. The molecular formula is C17H25FN2O. The Hall–Kier alpha value is -1.58. The molecule has 116 valence electrons. The maximum atomic E-state index is 14.2. The lowest BCUT2D eigenvalue weighted by Crippen LogP contribution is -2.30. The molecule has 0 aliphatic carbocycles. The van der Waals surface area contributed by atoms with Crippen molar-refractivity contribution in [1.29, 1.82) is 0 Å². The fourth-order valence-electron chi connectivity index (χ4n) is 2.73. The molecule has 1 heterocycles. The van der Waals surface area contributed by atoms with Crippen molar-refractivity contribution in [3.05, 3.63) is 24.0 Å². The highest BCUT2D eigenvalue weighted by atomic mass is 19.1. The number of carbonyl (C=O) groups excluding carboxylic acids is 1. The van der Waals surface area contributed by atoms with Crippen LogP contribution >= 0.6 is 0 Å². The molecule has 0 unspecified atom stereocenters. The molecule has 3 nitrogen and oxygen atoms in total. The van der Waals surface area contributed by atoms with Crippen molar-refractivity contribution in [3.63, 3.8) is 0 Å². The fraction of sp³-hybridized carbons (Fsp3) is 0.588. The van der Waals surface area contributed by atoms with E-state index in [4.69, 9.17) is 0 Å². The third-order valence-corrected chi connectivity index (χ3v) is 3.94. The number of anilines is 2. The van der Waals surface area contributed by atoms with Crippen LogP contribution in [0.3, 0.4) is 0 Å². The number of benzene rings is 1. The van der Waals surface area contributed by atoms with Crippen LogP contribution in [-0.4, -0.2) is 19.0 Å². The Bertz CT molecular complexity index is 470. The number of amides is 1. The van der Waals surface area contributed by atoms with E-state index in [1.807, 2.05) is 0 Å². The van der Waals surface area contributed by atoms with E-state index in [0.717, 1.165) is 45.2 Å². The highest BCUT2D eigenvalue weighted by Gasteiger charge is 2.15. The van der Waals surface area contributed by atoms with Gasteiger partial charge in [0, 0.05) is 25.2 Å². The summed E-state index contributed by atoms with van der Waals surface area (Å²) in [6, 6.07) is 5.01. The van der Waals surface area contributed by atoms with E-state index in [9.17, 15) is 9.18 Å². The average molecular weight is 292 g/mol. The van der Waals surface area contributed by atoms with Gasteiger partial charge in [0.25, 0.3) is 0 Å². The molecule has 1 fully saturated rings. The van der Waals surface area contributed by atoms with Crippen LogP contribution < -0.4 is 10.2 Å². The number of unbranched alkanes of at least 4 members (excludes halogenated alkanes) is 2. The molecule has 0 saturated carbocycles. The summed E-state index contributed by atoms with van der Waals surface area (Å²) in [7, 11) is 0. The minimum atomic E-state index is -0.247. The SMILES string of the molecule is CCCCCC(=O)Nc1ccc(N2CCCCC2)c(F)c1. The van der Waals surface area contributed by atoms with E-state index >= 15 is 0 Å². The van der Waals surface area contributed by atoms with E-state index in [1.54, 1.807) is 12.1 Å². The number of rotatable bonds is 6. The summed E-state index contributed by atoms with van der Waals surface area (Å²) < 4.78 is 14.2. The van der Waals surface area contributed by atoms with Crippen molar-refractivity contribution in [3.8, 4) is 0 Å². The zero-order valence-corrected chi connectivity index (χ0v) is 12.8. The summed E-state index contributed by atoms with van der Waals surface area (Å²) in [6.45, 7) is 3.94. The normalized spacial score (nSPS) is 15.0. The second-order valence-electron chi connectivity index (χ2n) is 5.72. The van der Waals surface area contributed by atoms with Crippen LogP contribution in [0.2, 0.25) is 0 Å².